The molecule has 3 N–H and O–H groups in total. The minimum absolute atomic E-state index is 0.0777. The molecule has 9 nitrogen and oxygen atoms in total. The Hall–Kier alpha value is -2.03. The van der Waals surface area contributed by atoms with E-state index < -0.39 is 38.6 Å². The predicted octanol–water partition coefficient (Wildman–Crippen LogP) is 13.3. The fraction of sp³-hybridized carbons (Fsp3) is 0.787. The van der Waals surface area contributed by atoms with Gasteiger partial charge in [-0.25, -0.2) is 4.57 Å². The lowest BCUT2D eigenvalue weighted by atomic mass is 10.0. The summed E-state index contributed by atoms with van der Waals surface area (Å²) in [4.78, 5) is 42.9. The number of unbranched alkanes of at least 4 members (excludes halogenated alkanes) is 24. The van der Waals surface area contributed by atoms with E-state index in [9.17, 15) is 19.3 Å². The van der Waals surface area contributed by atoms with E-state index in [1.807, 2.05) is 18.2 Å². The van der Waals surface area contributed by atoms with Crippen LogP contribution < -0.4 is 0 Å². The van der Waals surface area contributed by atoms with E-state index in [4.69, 9.17) is 19.3 Å². The largest absolute Gasteiger partial charge is 0.469 e. The van der Waals surface area contributed by atoms with Gasteiger partial charge in [-0.05, 0) is 44.9 Å². The lowest BCUT2D eigenvalue weighted by Crippen LogP contribution is -2.29. The second-order valence-electron chi connectivity index (χ2n) is 15.6. The number of rotatable bonds is 42. The van der Waals surface area contributed by atoms with Crippen molar-refractivity contribution in [2.45, 2.75) is 225 Å². The summed E-state index contributed by atoms with van der Waals surface area (Å²) >= 11 is 0. The van der Waals surface area contributed by atoms with E-state index in [-0.39, 0.29) is 19.4 Å². The number of hydrogen-bond donors (Lipinski definition) is 3. The standard InChI is InChI=1S/C47H85O9P/c1-3-5-7-9-11-13-14-15-16-17-18-19-20-21-22-23-24-26-28-32-36-40-46(49)54-42-45(43-55-57(51,52)53)56-47(50)41-37-33-29-31-35-39-44(48)38-34-30-27-25-12-10-8-6-4-2/h12,25,29-31,34-35,39,44-45,48H,3-11,13-24,26-28,32-33,36-38,40-43H2,1-2H3,(H2,51,52,53)/b25-12-,31-29+,34-30-,39-35-/t44?,45-/m1/s1. The third-order valence-corrected chi connectivity index (χ3v) is 10.4. The average Bonchev–Trinajstić information content (AvgIpc) is 3.18. The minimum atomic E-state index is -4.79. The molecule has 57 heavy (non-hydrogen) atoms. The summed E-state index contributed by atoms with van der Waals surface area (Å²) in [6, 6.07) is 0. The van der Waals surface area contributed by atoms with Crippen molar-refractivity contribution in [1.82, 2.24) is 0 Å². The van der Waals surface area contributed by atoms with Crippen LogP contribution in [0.2, 0.25) is 0 Å². The Balaban J connectivity index is 3.99. The Morgan fingerprint density at radius 1 is 0.544 bits per heavy atom. The fourth-order valence-electron chi connectivity index (χ4n) is 6.45. The second kappa shape index (κ2) is 42.1. The molecule has 1 unspecified atom stereocenters. The molecular weight excluding hydrogens is 739 g/mol. The van der Waals surface area contributed by atoms with E-state index in [2.05, 4.69) is 36.6 Å². The monoisotopic (exact) mass is 825 g/mol. The normalized spacial score (nSPS) is 13.4. The van der Waals surface area contributed by atoms with Crippen molar-refractivity contribution in [1.29, 1.82) is 0 Å². The van der Waals surface area contributed by atoms with Crippen LogP contribution in [0, 0.1) is 0 Å². The zero-order valence-electron chi connectivity index (χ0n) is 36.3. The quantitative estimate of drug-likeness (QED) is 0.0180. The van der Waals surface area contributed by atoms with Gasteiger partial charge in [0.25, 0.3) is 0 Å². The summed E-state index contributed by atoms with van der Waals surface area (Å²) in [6.07, 6.45) is 48.7. The Labute approximate surface area is 348 Å². The Morgan fingerprint density at radius 3 is 1.56 bits per heavy atom. The van der Waals surface area contributed by atoms with E-state index in [0.717, 1.165) is 32.1 Å². The number of phosphoric ester groups is 1. The van der Waals surface area contributed by atoms with Gasteiger partial charge >= 0.3 is 19.8 Å². The van der Waals surface area contributed by atoms with Gasteiger partial charge in [-0.2, -0.15) is 0 Å². The van der Waals surface area contributed by atoms with Crippen molar-refractivity contribution in [2.24, 2.45) is 0 Å². The maximum absolute atomic E-state index is 12.4. The second-order valence-corrected chi connectivity index (χ2v) is 16.8. The van der Waals surface area contributed by atoms with Crippen LogP contribution >= 0.6 is 7.82 Å². The lowest BCUT2D eigenvalue weighted by Gasteiger charge is -2.18. The molecule has 0 aliphatic carbocycles. The molecule has 0 rings (SSSR count). The summed E-state index contributed by atoms with van der Waals surface area (Å²) in [7, 11) is -4.79. The number of carbonyl (C=O) groups is 2. The molecule has 0 saturated carbocycles. The van der Waals surface area contributed by atoms with Crippen LogP contribution in [0.4, 0.5) is 0 Å². The molecule has 0 fully saturated rings. The molecule has 0 aromatic heterocycles. The average molecular weight is 825 g/mol. The molecule has 0 saturated heterocycles. The first-order valence-corrected chi connectivity index (χ1v) is 24.6. The molecule has 0 aromatic carbocycles. The van der Waals surface area contributed by atoms with Gasteiger partial charge < -0.3 is 24.4 Å². The minimum Gasteiger partial charge on any atom is -0.462 e. The number of esters is 2. The highest BCUT2D eigenvalue weighted by Crippen LogP contribution is 2.36. The molecule has 0 spiro atoms. The van der Waals surface area contributed by atoms with Crippen LogP contribution in [0.5, 0.6) is 0 Å². The van der Waals surface area contributed by atoms with E-state index in [1.54, 1.807) is 12.2 Å². The van der Waals surface area contributed by atoms with Crippen LogP contribution in [0.1, 0.15) is 213 Å². The first-order valence-electron chi connectivity index (χ1n) is 23.0. The number of ether oxygens (including phenoxy) is 2. The molecule has 0 radical (unpaired) electrons. The zero-order chi connectivity index (χ0) is 41.9. The number of phosphoric acid groups is 1. The topological polar surface area (TPSA) is 140 Å². The molecule has 0 heterocycles. The highest BCUT2D eigenvalue weighted by atomic mass is 31.2. The van der Waals surface area contributed by atoms with E-state index >= 15 is 0 Å². The van der Waals surface area contributed by atoms with Crippen LogP contribution in [0.15, 0.2) is 48.6 Å². The predicted molar refractivity (Wildman–Crippen MR) is 236 cm³/mol. The number of allylic oxidation sites excluding steroid dienone is 6. The van der Waals surface area contributed by atoms with Crippen molar-refractivity contribution >= 4 is 19.8 Å². The van der Waals surface area contributed by atoms with Gasteiger partial charge in [0.2, 0.25) is 0 Å². The number of carbonyl (C=O) groups excluding carboxylic acids is 2. The third-order valence-electron chi connectivity index (χ3n) is 9.93. The summed E-state index contributed by atoms with van der Waals surface area (Å²) in [5.41, 5.74) is 0. The van der Waals surface area contributed by atoms with Crippen molar-refractivity contribution in [2.75, 3.05) is 13.2 Å². The van der Waals surface area contributed by atoms with Crippen LogP contribution in [0.25, 0.3) is 0 Å². The van der Waals surface area contributed by atoms with Crippen molar-refractivity contribution in [3.63, 3.8) is 0 Å². The number of hydrogen-bond acceptors (Lipinski definition) is 7. The Bertz CT molecular complexity index is 1080. The maximum Gasteiger partial charge on any atom is 0.469 e. The molecule has 0 aliphatic rings. The molecule has 2 atom stereocenters. The Kier molecular flexibility index (Phi) is 40.6. The van der Waals surface area contributed by atoms with Gasteiger partial charge in [0.05, 0.1) is 12.7 Å². The number of aliphatic hydroxyl groups excluding tert-OH is 1. The highest BCUT2D eigenvalue weighted by molar-refractivity contribution is 7.46. The smallest absolute Gasteiger partial charge is 0.462 e. The highest BCUT2D eigenvalue weighted by Gasteiger charge is 2.22. The van der Waals surface area contributed by atoms with Gasteiger partial charge in [0.15, 0.2) is 6.10 Å². The summed E-state index contributed by atoms with van der Waals surface area (Å²) in [5, 5.41) is 10.1. The third kappa shape index (κ3) is 44.9. The van der Waals surface area contributed by atoms with E-state index in [0.29, 0.717) is 25.7 Å². The SMILES string of the molecule is CCCCC/C=C\C/C=C\CC(O)/C=C\C=C\CCCC(=O)O[C@H](COC(=O)CCCCCCCCCCCCCCCCCCCCCCC)COP(=O)(O)O. The molecule has 332 valence electrons. The van der Waals surface area contributed by atoms with Gasteiger partial charge in [-0.15, -0.1) is 0 Å². The van der Waals surface area contributed by atoms with Crippen molar-refractivity contribution in [3.05, 3.63) is 48.6 Å². The molecule has 0 aromatic rings. The van der Waals surface area contributed by atoms with Crippen molar-refractivity contribution < 1.29 is 43.0 Å². The van der Waals surface area contributed by atoms with E-state index in [1.165, 1.54) is 128 Å². The maximum atomic E-state index is 12.4. The molecular formula is C47H85O9P. The van der Waals surface area contributed by atoms with Gasteiger partial charge in [-0.1, -0.05) is 204 Å². The first-order chi connectivity index (χ1) is 27.7. The number of aliphatic hydroxyl groups is 1. The lowest BCUT2D eigenvalue weighted by molar-refractivity contribution is -0.161. The molecule has 0 amide bonds. The van der Waals surface area contributed by atoms with Gasteiger partial charge in [0.1, 0.15) is 6.61 Å². The van der Waals surface area contributed by atoms with Crippen LogP contribution in [0.3, 0.4) is 0 Å². The first kappa shape index (κ1) is 55.0. The van der Waals surface area contributed by atoms with Crippen molar-refractivity contribution in [3.8, 4) is 0 Å². The fourth-order valence-corrected chi connectivity index (χ4v) is 6.81. The molecule has 0 aliphatic heterocycles. The van der Waals surface area contributed by atoms with Crippen LogP contribution in [-0.4, -0.2) is 52.3 Å². The molecule has 10 heteroatoms. The van der Waals surface area contributed by atoms with Gasteiger partial charge in [0, 0.05) is 12.8 Å². The summed E-state index contributed by atoms with van der Waals surface area (Å²) in [6.45, 7) is 3.56. The zero-order valence-corrected chi connectivity index (χ0v) is 37.2. The summed E-state index contributed by atoms with van der Waals surface area (Å²) < 4.78 is 26.3. The van der Waals surface area contributed by atoms with Gasteiger partial charge in [-0.3, -0.25) is 14.1 Å². The Morgan fingerprint density at radius 2 is 1.02 bits per heavy atom. The summed E-state index contributed by atoms with van der Waals surface area (Å²) in [5.74, 6) is -1.01. The van der Waals surface area contributed by atoms with Crippen LogP contribution in [-0.2, 0) is 28.2 Å². The molecule has 0 bridgehead atoms.